The first kappa shape index (κ1) is 20.8. The van der Waals surface area contributed by atoms with Gasteiger partial charge in [-0.25, -0.2) is 8.42 Å². The molecule has 0 spiro atoms. The number of sulfonamides is 1. The zero-order valence-corrected chi connectivity index (χ0v) is 18.0. The van der Waals surface area contributed by atoms with Crippen molar-refractivity contribution < 1.29 is 18.3 Å². The van der Waals surface area contributed by atoms with Crippen molar-refractivity contribution in [2.24, 2.45) is 11.8 Å². The molecule has 0 bridgehead atoms. The van der Waals surface area contributed by atoms with Crippen LogP contribution in [0.4, 0.5) is 0 Å². The van der Waals surface area contributed by atoms with Crippen LogP contribution in [0, 0.1) is 18.8 Å². The van der Waals surface area contributed by atoms with Crippen LogP contribution in [0.25, 0.3) is 0 Å². The molecule has 1 aromatic carbocycles. The molecule has 0 aliphatic carbocycles. The highest BCUT2D eigenvalue weighted by molar-refractivity contribution is 7.89. The minimum Gasteiger partial charge on any atom is -0.481 e. The molecule has 4 rings (SSSR count). The molecule has 1 aromatic rings. The van der Waals surface area contributed by atoms with Crippen LogP contribution < -0.4 is 0 Å². The van der Waals surface area contributed by atoms with Crippen LogP contribution in [0.3, 0.4) is 0 Å². The highest BCUT2D eigenvalue weighted by Gasteiger charge is 2.51. The maximum atomic E-state index is 13.6. The van der Waals surface area contributed by atoms with Crippen LogP contribution in [0.1, 0.15) is 50.5 Å². The van der Waals surface area contributed by atoms with Gasteiger partial charge in [0, 0.05) is 25.0 Å². The molecule has 160 valence electrons. The topological polar surface area (TPSA) is 77.9 Å². The Morgan fingerprint density at radius 3 is 2.52 bits per heavy atom. The lowest BCUT2D eigenvalue weighted by atomic mass is 9.70. The van der Waals surface area contributed by atoms with Crippen LogP contribution in [0.2, 0.25) is 0 Å². The molecule has 3 fully saturated rings. The van der Waals surface area contributed by atoms with Gasteiger partial charge in [0.15, 0.2) is 0 Å². The van der Waals surface area contributed by atoms with Gasteiger partial charge in [0.25, 0.3) is 0 Å². The van der Waals surface area contributed by atoms with Crippen molar-refractivity contribution in [1.82, 2.24) is 9.21 Å². The number of aryl methyl sites for hydroxylation is 1. The van der Waals surface area contributed by atoms with Crippen molar-refractivity contribution in [3.05, 3.63) is 29.8 Å². The van der Waals surface area contributed by atoms with Gasteiger partial charge in [-0.3, -0.25) is 9.69 Å². The Morgan fingerprint density at radius 2 is 1.83 bits per heavy atom. The van der Waals surface area contributed by atoms with Crippen molar-refractivity contribution >= 4 is 16.0 Å². The third-order valence-electron chi connectivity index (χ3n) is 7.14. The fourth-order valence-corrected chi connectivity index (χ4v) is 7.66. The molecule has 0 unspecified atom stereocenters. The number of hydrogen-bond acceptors (Lipinski definition) is 4. The maximum absolute atomic E-state index is 13.6. The van der Waals surface area contributed by atoms with Gasteiger partial charge in [-0.2, -0.15) is 4.31 Å². The van der Waals surface area contributed by atoms with E-state index in [-0.39, 0.29) is 12.5 Å². The first-order valence-corrected chi connectivity index (χ1v) is 12.4. The molecule has 0 aromatic heterocycles. The fourth-order valence-electron chi connectivity index (χ4n) is 5.90. The van der Waals surface area contributed by atoms with Crippen molar-refractivity contribution in [2.45, 2.75) is 68.8 Å². The molecule has 3 saturated heterocycles. The summed E-state index contributed by atoms with van der Waals surface area (Å²) in [6.45, 7) is 4.75. The number of aliphatic carboxylic acids is 1. The summed E-state index contributed by atoms with van der Waals surface area (Å²) in [4.78, 5) is 14.0. The van der Waals surface area contributed by atoms with Crippen LogP contribution in [0.5, 0.6) is 0 Å². The SMILES string of the molecule is Cc1ccc(S(=O)(=O)N2C[C@@H]3CCCN4CCC[C@@H]([C@H]34)[C@@H]2CCCC(=O)O)cc1. The number of piperidine rings is 3. The molecular weight excluding hydrogens is 388 g/mol. The Bertz CT molecular complexity index is 837. The van der Waals surface area contributed by atoms with E-state index in [0.717, 1.165) is 44.3 Å². The number of benzene rings is 1. The second-order valence-electron chi connectivity index (χ2n) is 8.98. The number of carboxylic acids is 1. The normalized spacial score (nSPS) is 30.7. The van der Waals surface area contributed by atoms with Gasteiger partial charge >= 0.3 is 5.97 Å². The standard InChI is InChI=1S/C22H32N2O4S/c1-16-9-11-18(12-10-16)29(27,28)24-15-17-5-3-13-23-14-4-6-19(22(17)23)20(24)7-2-8-21(25)26/h9-12,17,19-20,22H,2-8,13-15H2,1H3,(H,25,26)/t17-,19+,20-,22-/m0/s1. The molecule has 0 amide bonds. The van der Waals surface area contributed by atoms with Crippen LogP contribution in [0.15, 0.2) is 29.2 Å². The molecule has 0 radical (unpaired) electrons. The smallest absolute Gasteiger partial charge is 0.303 e. The van der Waals surface area contributed by atoms with Crippen LogP contribution in [-0.4, -0.2) is 60.4 Å². The lowest BCUT2D eigenvalue weighted by Crippen LogP contribution is -2.65. The summed E-state index contributed by atoms with van der Waals surface area (Å²) in [6.07, 6.45) is 5.60. The Morgan fingerprint density at radius 1 is 1.14 bits per heavy atom. The Hall–Kier alpha value is -1.44. The Kier molecular flexibility index (Phi) is 6.00. The molecule has 1 N–H and O–H groups in total. The van der Waals surface area contributed by atoms with Gasteiger partial charge in [0.1, 0.15) is 0 Å². The summed E-state index contributed by atoms with van der Waals surface area (Å²) in [6, 6.07) is 7.46. The van der Waals surface area contributed by atoms with E-state index >= 15 is 0 Å². The molecule has 7 heteroatoms. The molecule has 0 saturated carbocycles. The predicted octanol–water partition coefficient (Wildman–Crippen LogP) is 3.11. The van der Waals surface area contributed by atoms with Crippen LogP contribution >= 0.6 is 0 Å². The average molecular weight is 421 g/mol. The fraction of sp³-hybridized carbons (Fsp3) is 0.682. The van der Waals surface area contributed by atoms with Gasteiger partial charge in [0.2, 0.25) is 10.0 Å². The van der Waals surface area contributed by atoms with E-state index in [0.29, 0.717) is 42.2 Å². The predicted molar refractivity (Wildman–Crippen MR) is 111 cm³/mol. The number of hydrogen-bond donors (Lipinski definition) is 1. The van der Waals surface area contributed by atoms with Crippen molar-refractivity contribution in [1.29, 1.82) is 0 Å². The van der Waals surface area contributed by atoms with Crippen molar-refractivity contribution in [3.8, 4) is 0 Å². The number of nitrogens with zero attached hydrogens (tertiary/aromatic N) is 2. The zero-order chi connectivity index (χ0) is 20.6. The highest BCUT2D eigenvalue weighted by Crippen LogP contribution is 2.45. The highest BCUT2D eigenvalue weighted by atomic mass is 32.2. The number of carboxylic acid groups (broad SMARTS) is 1. The molecule has 4 atom stereocenters. The van der Waals surface area contributed by atoms with Crippen LogP contribution in [-0.2, 0) is 14.8 Å². The van der Waals surface area contributed by atoms with Gasteiger partial charge < -0.3 is 5.11 Å². The quantitative estimate of drug-likeness (QED) is 0.765. The van der Waals surface area contributed by atoms with E-state index in [1.54, 1.807) is 16.4 Å². The van der Waals surface area contributed by atoms with E-state index in [1.165, 1.54) is 0 Å². The molecule has 3 aliphatic heterocycles. The van der Waals surface area contributed by atoms with E-state index in [1.807, 2.05) is 19.1 Å². The summed E-state index contributed by atoms with van der Waals surface area (Å²) in [5.74, 6) is -0.128. The third kappa shape index (κ3) is 4.09. The maximum Gasteiger partial charge on any atom is 0.303 e. The van der Waals surface area contributed by atoms with E-state index in [2.05, 4.69) is 4.90 Å². The summed E-state index contributed by atoms with van der Waals surface area (Å²) >= 11 is 0. The molecule has 3 aliphatic rings. The summed E-state index contributed by atoms with van der Waals surface area (Å²) in [5.41, 5.74) is 1.04. The monoisotopic (exact) mass is 420 g/mol. The molecule has 3 heterocycles. The molecule has 6 nitrogen and oxygen atoms in total. The molecule has 29 heavy (non-hydrogen) atoms. The summed E-state index contributed by atoms with van der Waals surface area (Å²) in [7, 11) is -3.60. The minimum atomic E-state index is -3.60. The lowest BCUT2D eigenvalue weighted by Gasteiger charge is -2.57. The second-order valence-corrected chi connectivity index (χ2v) is 10.9. The van der Waals surface area contributed by atoms with Gasteiger partial charge in [0.05, 0.1) is 4.90 Å². The van der Waals surface area contributed by atoms with E-state index in [4.69, 9.17) is 5.11 Å². The average Bonchev–Trinajstić information content (AvgIpc) is 2.69. The lowest BCUT2D eigenvalue weighted by molar-refractivity contribution is -0.137. The summed E-state index contributed by atoms with van der Waals surface area (Å²) in [5, 5.41) is 9.10. The van der Waals surface area contributed by atoms with E-state index in [9.17, 15) is 13.2 Å². The van der Waals surface area contributed by atoms with E-state index < -0.39 is 16.0 Å². The minimum absolute atomic E-state index is 0.0967. The van der Waals surface area contributed by atoms with Crippen molar-refractivity contribution in [2.75, 3.05) is 19.6 Å². The third-order valence-corrected chi connectivity index (χ3v) is 9.05. The second kappa shape index (κ2) is 8.36. The van der Waals surface area contributed by atoms with Gasteiger partial charge in [-0.1, -0.05) is 17.7 Å². The van der Waals surface area contributed by atoms with Gasteiger partial charge in [-0.15, -0.1) is 0 Å². The Labute approximate surface area is 173 Å². The Balaban J connectivity index is 1.67. The number of carbonyl (C=O) groups is 1. The zero-order valence-electron chi connectivity index (χ0n) is 17.2. The van der Waals surface area contributed by atoms with Gasteiger partial charge in [-0.05, 0) is 82.5 Å². The number of rotatable bonds is 6. The molecular formula is C22H32N2O4S. The largest absolute Gasteiger partial charge is 0.481 e. The summed E-state index contributed by atoms with van der Waals surface area (Å²) < 4.78 is 29.0. The first-order valence-electron chi connectivity index (χ1n) is 10.9. The first-order chi connectivity index (χ1) is 13.9. The van der Waals surface area contributed by atoms with Crippen molar-refractivity contribution in [3.63, 3.8) is 0 Å².